The van der Waals surface area contributed by atoms with E-state index in [2.05, 4.69) is 10.6 Å². The van der Waals surface area contributed by atoms with E-state index >= 15 is 0 Å². The van der Waals surface area contributed by atoms with Crippen molar-refractivity contribution in [3.8, 4) is 0 Å². The van der Waals surface area contributed by atoms with Gasteiger partial charge in [-0.15, -0.1) is 11.3 Å². The van der Waals surface area contributed by atoms with Gasteiger partial charge in [0.2, 0.25) is 5.91 Å². The summed E-state index contributed by atoms with van der Waals surface area (Å²) in [6, 6.07) is 2.60. The number of nitrogens with one attached hydrogen (secondary N) is 2. The Balaban J connectivity index is 2.32. The molecule has 3 unspecified atom stereocenters. The fourth-order valence-electron chi connectivity index (χ4n) is 3.08. The van der Waals surface area contributed by atoms with Crippen LogP contribution in [0.25, 0.3) is 0 Å². The summed E-state index contributed by atoms with van der Waals surface area (Å²) >= 11 is 1.50. The molecular weight excluding hydrogens is 342 g/mol. The zero-order valence-electron chi connectivity index (χ0n) is 14.9. The first-order valence-corrected chi connectivity index (χ1v) is 9.37. The molecule has 0 aromatic carbocycles. The molecular formula is C17H27N3O4S. The number of thiophene rings is 1. The van der Waals surface area contributed by atoms with Crippen LogP contribution in [-0.4, -0.2) is 60.4 Å². The number of aliphatic hydroxyl groups is 1. The van der Waals surface area contributed by atoms with Gasteiger partial charge in [-0.05, 0) is 31.2 Å². The highest BCUT2D eigenvalue weighted by molar-refractivity contribution is 7.10. The van der Waals surface area contributed by atoms with Crippen molar-refractivity contribution in [3.05, 3.63) is 22.4 Å². The molecule has 3 amide bonds. The molecule has 1 aromatic heterocycles. The van der Waals surface area contributed by atoms with Crippen molar-refractivity contribution >= 4 is 23.3 Å². The van der Waals surface area contributed by atoms with Crippen molar-refractivity contribution < 1.29 is 19.4 Å². The lowest BCUT2D eigenvalue weighted by Crippen LogP contribution is -2.64. The molecule has 1 aromatic rings. The number of hydrogen-bond acceptors (Lipinski definition) is 5. The number of urea groups is 1. The molecule has 1 aliphatic rings. The van der Waals surface area contributed by atoms with Crippen LogP contribution < -0.4 is 10.6 Å². The van der Waals surface area contributed by atoms with E-state index in [9.17, 15) is 14.7 Å². The Morgan fingerprint density at radius 2 is 2.28 bits per heavy atom. The van der Waals surface area contributed by atoms with Crippen LogP contribution in [0.4, 0.5) is 4.79 Å². The van der Waals surface area contributed by atoms with E-state index < -0.39 is 17.7 Å². The number of rotatable bonds is 6. The minimum Gasteiger partial charge on any atom is -0.388 e. The number of nitrogens with zero attached hydrogens (tertiary/aromatic N) is 1. The Bertz CT molecular complexity index is 576. The number of carbonyl (C=O) groups is 2. The molecule has 3 atom stereocenters. The second-order valence-electron chi connectivity index (χ2n) is 6.47. The first-order valence-electron chi connectivity index (χ1n) is 8.49. The predicted molar refractivity (Wildman–Crippen MR) is 96.5 cm³/mol. The molecule has 3 N–H and O–H groups in total. The monoisotopic (exact) mass is 369 g/mol. The molecule has 2 rings (SSSR count). The van der Waals surface area contributed by atoms with E-state index in [-0.39, 0.29) is 18.5 Å². The number of piperidine rings is 1. The fraction of sp³-hybridized carbons (Fsp3) is 0.647. The molecule has 0 radical (unpaired) electrons. The lowest BCUT2D eigenvalue weighted by molar-refractivity contribution is -0.130. The molecule has 0 aliphatic carbocycles. The first-order chi connectivity index (χ1) is 11.9. The Morgan fingerprint density at radius 1 is 1.52 bits per heavy atom. The second kappa shape index (κ2) is 8.64. The molecule has 8 heteroatoms. The molecule has 0 saturated carbocycles. The number of hydrogen-bond donors (Lipinski definition) is 3. The third-order valence-corrected chi connectivity index (χ3v) is 5.34. The molecule has 0 spiro atoms. The number of amides is 3. The van der Waals surface area contributed by atoms with Crippen molar-refractivity contribution in [2.45, 2.75) is 44.4 Å². The number of ether oxygens (including phenoxy) is 1. The van der Waals surface area contributed by atoms with Crippen LogP contribution in [-0.2, 0) is 9.53 Å². The van der Waals surface area contributed by atoms with E-state index in [1.165, 1.54) is 18.4 Å². The van der Waals surface area contributed by atoms with Crippen LogP contribution in [0.2, 0.25) is 0 Å². The Labute approximate surface area is 152 Å². The van der Waals surface area contributed by atoms with Crippen LogP contribution in [0.5, 0.6) is 0 Å². The highest BCUT2D eigenvalue weighted by Gasteiger charge is 2.48. The van der Waals surface area contributed by atoms with E-state index in [0.717, 1.165) is 11.3 Å². The van der Waals surface area contributed by atoms with E-state index in [1.54, 1.807) is 11.8 Å². The Morgan fingerprint density at radius 3 is 2.88 bits per heavy atom. The second-order valence-corrected chi connectivity index (χ2v) is 7.45. The maximum Gasteiger partial charge on any atom is 0.318 e. The van der Waals surface area contributed by atoms with Crippen LogP contribution in [0.15, 0.2) is 17.5 Å². The SMILES string of the molecule is CCCNC(=O)N1CCC(C)(O)C(NC(=O)COC)C1c1cccs1. The molecule has 2 heterocycles. The van der Waals surface area contributed by atoms with E-state index in [0.29, 0.717) is 19.5 Å². The average molecular weight is 369 g/mol. The average Bonchev–Trinajstić information content (AvgIpc) is 3.08. The Kier molecular flexibility index (Phi) is 6.80. The Hall–Kier alpha value is -1.64. The first kappa shape index (κ1) is 19.7. The third kappa shape index (κ3) is 4.71. The van der Waals surface area contributed by atoms with Crippen molar-refractivity contribution in [2.75, 3.05) is 26.8 Å². The van der Waals surface area contributed by atoms with Crippen molar-refractivity contribution in [2.24, 2.45) is 0 Å². The van der Waals surface area contributed by atoms with Gasteiger partial charge in [-0.3, -0.25) is 4.79 Å². The van der Waals surface area contributed by atoms with Gasteiger partial charge in [0.05, 0.1) is 17.7 Å². The minimum absolute atomic E-state index is 0.0915. The molecule has 7 nitrogen and oxygen atoms in total. The van der Waals surface area contributed by atoms with Gasteiger partial charge in [0.15, 0.2) is 0 Å². The molecule has 140 valence electrons. The summed E-state index contributed by atoms with van der Waals surface area (Å²) in [5.41, 5.74) is -1.13. The molecule has 0 bridgehead atoms. The molecule has 1 aliphatic heterocycles. The smallest absolute Gasteiger partial charge is 0.318 e. The quantitative estimate of drug-likeness (QED) is 0.709. The van der Waals surface area contributed by atoms with Gasteiger partial charge >= 0.3 is 6.03 Å². The summed E-state index contributed by atoms with van der Waals surface area (Å²) in [5.74, 6) is -0.315. The topological polar surface area (TPSA) is 90.9 Å². The van der Waals surface area contributed by atoms with Gasteiger partial charge in [-0.1, -0.05) is 13.0 Å². The summed E-state index contributed by atoms with van der Waals surface area (Å²) in [4.78, 5) is 27.4. The van der Waals surface area contributed by atoms with Crippen LogP contribution in [0.1, 0.15) is 37.6 Å². The molecule has 25 heavy (non-hydrogen) atoms. The summed E-state index contributed by atoms with van der Waals surface area (Å²) in [6.45, 7) is 4.61. The van der Waals surface area contributed by atoms with Crippen molar-refractivity contribution in [1.82, 2.24) is 15.5 Å². The highest BCUT2D eigenvalue weighted by Crippen LogP contribution is 2.38. The third-order valence-electron chi connectivity index (χ3n) is 4.39. The van der Waals surface area contributed by atoms with Gasteiger partial charge in [0.1, 0.15) is 6.61 Å². The van der Waals surface area contributed by atoms with Crippen molar-refractivity contribution in [1.29, 1.82) is 0 Å². The fourth-order valence-corrected chi connectivity index (χ4v) is 3.95. The zero-order valence-corrected chi connectivity index (χ0v) is 15.8. The van der Waals surface area contributed by atoms with E-state index in [1.807, 2.05) is 24.4 Å². The normalized spacial score (nSPS) is 26.3. The van der Waals surface area contributed by atoms with Crippen molar-refractivity contribution in [3.63, 3.8) is 0 Å². The van der Waals surface area contributed by atoms with Crippen LogP contribution in [0.3, 0.4) is 0 Å². The van der Waals surface area contributed by atoms with Gasteiger partial charge in [0, 0.05) is 25.1 Å². The lowest BCUT2D eigenvalue weighted by atomic mass is 9.82. The largest absolute Gasteiger partial charge is 0.388 e. The maximum absolute atomic E-state index is 12.6. The minimum atomic E-state index is -1.13. The van der Waals surface area contributed by atoms with Crippen LogP contribution in [0, 0.1) is 0 Å². The summed E-state index contributed by atoms with van der Waals surface area (Å²) in [7, 11) is 1.44. The van der Waals surface area contributed by atoms with Gasteiger partial charge in [-0.2, -0.15) is 0 Å². The lowest BCUT2D eigenvalue weighted by Gasteiger charge is -2.48. The van der Waals surface area contributed by atoms with Gasteiger partial charge < -0.3 is 25.4 Å². The highest BCUT2D eigenvalue weighted by atomic mass is 32.1. The molecule has 1 fully saturated rings. The van der Waals surface area contributed by atoms with E-state index in [4.69, 9.17) is 4.74 Å². The number of likely N-dealkylation sites (tertiary alicyclic amines) is 1. The predicted octanol–water partition coefficient (Wildman–Crippen LogP) is 1.50. The van der Waals surface area contributed by atoms with Crippen LogP contribution >= 0.6 is 11.3 Å². The number of methoxy groups -OCH3 is 1. The molecule has 1 saturated heterocycles. The maximum atomic E-state index is 12.6. The number of carbonyl (C=O) groups excluding carboxylic acids is 2. The standard InChI is InChI=1S/C17H27N3O4S/c1-4-8-18-16(22)20-9-7-17(2,23)15(19-13(21)11-24-3)14(20)12-6-5-10-25-12/h5-6,10,14-15,23H,4,7-9,11H2,1-3H3,(H,18,22)(H,19,21). The summed E-state index contributed by atoms with van der Waals surface area (Å²) in [5, 5.41) is 18.6. The summed E-state index contributed by atoms with van der Waals surface area (Å²) in [6.07, 6.45) is 1.22. The van der Waals surface area contributed by atoms with Gasteiger partial charge in [0.25, 0.3) is 0 Å². The zero-order chi connectivity index (χ0) is 18.4. The summed E-state index contributed by atoms with van der Waals surface area (Å²) < 4.78 is 4.88. The van der Waals surface area contributed by atoms with Gasteiger partial charge in [-0.25, -0.2) is 4.79 Å².